The first kappa shape index (κ1) is 13.6. The molecule has 7 nitrogen and oxygen atoms in total. The third kappa shape index (κ3) is 1.82. The normalized spacial score (nSPS) is 22.8. The van der Waals surface area contributed by atoms with Gasteiger partial charge in [0.25, 0.3) is 0 Å². The minimum Gasteiger partial charge on any atom is -0.347 e. The molecule has 8 heteroatoms. The summed E-state index contributed by atoms with van der Waals surface area (Å²) in [5, 5.41) is 8.40. The van der Waals surface area contributed by atoms with Crippen molar-refractivity contribution < 1.29 is 4.39 Å². The molecule has 2 unspecified atom stereocenters. The van der Waals surface area contributed by atoms with E-state index in [0.717, 1.165) is 36.8 Å². The fourth-order valence-corrected chi connectivity index (χ4v) is 3.91. The zero-order valence-electron chi connectivity index (χ0n) is 13.2. The summed E-state index contributed by atoms with van der Waals surface area (Å²) in [6.45, 7) is 3.46. The summed E-state index contributed by atoms with van der Waals surface area (Å²) < 4.78 is 16.0. The maximum atomic E-state index is 14.0. The molecule has 0 aromatic carbocycles. The molecule has 122 valence electrons. The summed E-state index contributed by atoms with van der Waals surface area (Å²) in [6.07, 6.45) is 6.27. The first-order valence-corrected chi connectivity index (χ1v) is 8.02. The van der Waals surface area contributed by atoms with Crippen molar-refractivity contribution in [2.45, 2.75) is 25.4 Å². The summed E-state index contributed by atoms with van der Waals surface area (Å²) >= 11 is 0. The number of rotatable bonds is 2. The van der Waals surface area contributed by atoms with E-state index in [1.165, 1.54) is 6.07 Å². The van der Waals surface area contributed by atoms with Crippen LogP contribution in [0.1, 0.15) is 12.2 Å². The van der Waals surface area contributed by atoms with Gasteiger partial charge in [-0.15, -0.1) is 10.2 Å². The van der Waals surface area contributed by atoms with Gasteiger partial charge < -0.3 is 9.80 Å². The van der Waals surface area contributed by atoms with Gasteiger partial charge in [0, 0.05) is 31.7 Å². The first-order valence-electron chi connectivity index (χ1n) is 8.02. The number of nitrogens with zero attached hydrogens (tertiary/aromatic N) is 7. The summed E-state index contributed by atoms with van der Waals surface area (Å²) in [5.74, 6) is 1.89. The highest BCUT2D eigenvalue weighted by Crippen LogP contribution is 2.37. The van der Waals surface area contributed by atoms with E-state index in [2.05, 4.69) is 30.0 Å². The standard InChI is InChI=1S/C16H16FN7/c1-10-20-21-16-15(19-5-6-22(10)16)24-9-11-7-12(24)8-23(11)14-13(17)3-2-4-18-14/h2-6,11-12H,7-9H2,1H3. The number of aromatic nitrogens is 5. The van der Waals surface area contributed by atoms with Crippen LogP contribution < -0.4 is 9.80 Å². The molecule has 0 radical (unpaired) electrons. The molecule has 5 heterocycles. The monoisotopic (exact) mass is 325 g/mol. The number of piperazine rings is 1. The summed E-state index contributed by atoms with van der Waals surface area (Å²) in [4.78, 5) is 13.1. The zero-order chi connectivity index (χ0) is 16.3. The second kappa shape index (κ2) is 4.86. The van der Waals surface area contributed by atoms with Gasteiger partial charge in [-0.25, -0.2) is 14.4 Å². The molecule has 0 aliphatic carbocycles. The van der Waals surface area contributed by atoms with E-state index in [0.29, 0.717) is 5.82 Å². The molecule has 3 aromatic rings. The van der Waals surface area contributed by atoms with E-state index in [-0.39, 0.29) is 17.9 Å². The molecular formula is C16H16FN7. The Morgan fingerprint density at radius 3 is 2.54 bits per heavy atom. The van der Waals surface area contributed by atoms with Crippen molar-refractivity contribution in [2.75, 3.05) is 22.9 Å². The molecule has 2 aliphatic heterocycles. The summed E-state index contributed by atoms with van der Waals surface area (Å²) in [5.41, 5.74) is 0.776. The van der Waals surface area contributed by atoms with Crippen LogP contribution in [0.15, 0.2) is 30.7 Å². The van der Waals surface area contributed by atoms with E-state index in [1.54, 1.807) is 18.5 Å². The Kier molecular flexibility index (Phi) is 2.76. The minimum atomic E-state index is -0.259. The number of halogens is 1. The smallest absolute Gasteiger partial charge is 0.203 e. The minimum absolute atomic E-state index is 0.241. The number of aryl methyl sites for hydroxylation is 1. The summed E-state index contributed by atoms with van der Waals surface area (Å²) in [7, 11) is 0. The topological polar surface area (TPSA) is 62.5 Å². The maximum Gasteiger partial charge on any atom is 0.203 e. The molecule has 0 spiro atoms. The van der Waals surface area contributed by atoms with Crippen LogP contribution in [-0.2, 0) is 0 Å². The van der Waals surface area contributed by atoms with Crippen molar-refractivity contribution in [2.24, 2.45) is 0 Å². The molecule has 2 bridgehead atoms. The lowest BCUT2D eigenvalue weighted by Gasteiger charge is -2.35. The van der Waals surface area contributed by atoms with E-state index < -0.39 is 0 Å². The Morgan fingerprint density at radius 1 is 1.04 bits per heavy atom. The third-order valence-corrected chi connectivity index (χ3v) is 5.00. The largest absolute Gasteiger partial charge is 0.347 e. The maximum absolute atomic E-state index is 14.0. The highest BCUT2D eigenvalue weighted by molar-refractivity contribution is 5.66. The van der Waals surface area contributed by atoms with E-state index in [1.807, 2.05) is 17.5 Å². The number of anilines is 2. The average Bonchev–Trinajstić information content (AvgIpc) is 3.29. The van der Waals surface area contributed by atoms with Crippen LogP contribution in [0, 0.1) is 12.7 Å². The van der Waals surface area contributed by atoms with Gasteiger partial charge in [-0.05, 0) is 25.5 Å². The molecule has 2 atom stereocenters. The van der Waals surface area contributed by atoms with Crippen LogP contribution in [0.25, 0.3) is 5.65 Å². The third-order valence-electron chi connectivity index (χ3n) is 5.00. The van der Waals surface area contributed by atoms with Gasteiger partial charge in [0.2, 0.25) is 5.65 Å². The Morgan fingerprint density at radius 2 is 1.79 bits per heavy atom. The lowest BCUT2D eigenvalue weighted by Crippen LogP contribution is -2.47. The Labute approximate surface area is 137 Å². The molecule has 3 aromatic heterocycles. The van der Waals surface area contributed by atoms with Crippen molar-refractivity contribution in [3.8, 4) is 0 Å². The van der Waals surface area contributed by atoms with Crippen LogP contribution in [-0.4, -0.2) is 49.7 Å². The molecule has 2 aliphatic rings. The predicted molar refractivity (Wildman–Crippen MR) is 86.6 cm³/mol. The number of hydrogen-bond donors (Lipinski definition) is 0. The van der Waals surface area contributed by atoms with Crippen LogP contribution in [0.4, 0.5) is 16.0 Å². The second-order valence-corrected chi connectivity index (χ2v) is 6.35. The van der Waals surface area contributed by atoms with Crippen LogP contribution in [0.5, 0.6) is 0 Å². The van der Waals surface area contributed by atoms with Gasteiger partial charge in [0.1, 0.15) is 5.82 Å². The van der Waals surface area contributed by atoms with Crippen molar-refractivity contribution >= 4 is 17.3 Å². The number of hydrogen-bond acceptors (Lipinski definition) is 6. The quantitative estimate of drug-likeness (QED) is 0.710. The molecule has 2 saturated heterocycles. The Bertz CT molecular complexity index is 924. The molecular weight excluding hydrogens is 309 g/mol. The van der Waals surface area contributed by atoms with Gasteiger partial charge in [0.05, 0.1) is 12.1 Å². The fourth-order valence-electron chi connectivity index (χ4n) is 3.91. The molecule has 0 saturated carbocycles. The van der Waals surface area contributed by atoms with Gasteiger partial charge in [-0.1, -0.05) is 0 Å². The van der Waals surface area contributed by atoms with Gasteiger partial charge in [0.15, 0.2) is 17.5 Å². The number of pyridine rings is 1. The van der Waals surface area contributed by atoms with Crippen LogP contribution in [0.3, 0.4) is 0 Å². The Balaban J connectivity index is 1.47. The van der Waals surface area contributed by atoms with Crippen molar-refractivity contribution in [1.82, 2.24) is 24.6 Å². The van der Waals surface area contributed by atoms with Crippen molar-refractivity contribution in [1.29, 1.82) is 0 Å². The van der Waals surface area contributed by atoms with E-state index in [9.17, 15) is 4.39 Å². The van der Waals surface area contributed by atoms with E-state index >= 15 is 0 Å². The van der Waals surface area contributed by atoms with Gasteiger partial charge in [-0.3, -0.25) is 4.40 Å². The second-order valence-electron chi connectivity index (χ2n) is 6.35. The van der Waals surface area contributed by atoms with Crippen LogP contribution >= 0.6 is 0 Å². The van der Waals surface area contributed by atoms with Crippen molar-refractivity contribution in [3.05, 3.63) is 42.4 Å². The fraction of sp³-hybridized carbons (Fsp3) is 0.375. The highest BCUT2D eigenvalue weighted by Gasteiger charge is 2.45. The van der Waals surface area contributed by atoms with Crippen LogP contribution in [0.2, 0.25) is 0 Å². The lowest BCUT2D eigenvalue weighted by atomic mass is 10.2. The van der Waals surface area contributed by atoms with E-state index in [4.69, 9.17) is 0 Å². The lowest BCUT2D eigenvalue weighted by molar-refractivity contribution is 0.583. The SMILES string of the molecule is Cc1nnc2c(N3CC4CC3CN4c3ncccc3F)nccn12. The van der Waals surface area contributed by atoms with Gasteiger partial charge >= 0.3 is 0 Å². The van der Waals surface area contributed by atoms with Crippen molar-refractivity contribution in [3.63, 3.8) is 0 Å². The Hall–Kier alpha value is -2.77. The first-order chi connectivity index (χ1) is 11.7. The summed E-state index contributed by atoms with van der Waals surface area (Å²) in [6, 6.07) is 3.61. The number of fused-ring (bicyclic) bond motifs is 3. The predicted octanol–water partition coefficient (Wildman–Crippen LogP) is 1.43. The molecule has 5 rings (SSSR count). The highest BCUT2D eigenvalue weighted by atomic mass is 19.1. The molecule has 2 fully saturated rings. The van der Waals surface area contributed by atoms with Gasteiger partial charge in [-0.2, -0.15) is 0 Å². The zero-order valence-corrected chi connectivity index (χ0v) is 13.2. The average molecular weight is 325 g/mol. The molecule has 24 heavy (non-hydrogen) atoms. The molecule has 0 amide bonds. The molecule has 0 N–H and O–H groups in total.